The van der Waals surface area contributed by atoms with E-state index in [1.54, 1.807) is 29.0 Å². The molecule has 1 atom stereocenters. The molecule has 20 heavy (non-hydrogen) atoms. The van der Waals surface area contributed by atoms with Crippen molar-refractivity contribution in [2.75, 3.05) is 17.3 Å². The first kappa shape index (κ1) is 13.4. The predicted octanol–water partition coefficient (Wildman–Crippen LogP) is 2.42. The Hall–Kier alpha value is -1.63. The number of nitrogens with one attached hydrogen (secondary N) is 1. The number of amides is 1. The quantitative estimate of drug-likeness (QED) is 0.914. The number of aliphatic hydroxyl groups is 1. The van der Waals surface area contributed by atoms with Crippen molar-refractivity contribution in [3.63, 3.8) is 0 Å². The zero-order valence-electron chi connectivity index (χ0n) is 10.6. The number of carbonyl (C=O) groups excluding carboxylic acids is 1. The molecule has 0 fully saturated rings. The van der Waals surface area contributed by atoms with Crippen molar-refractivity contribution in [3.8, 4) is 0 Å². The summed E-state index contributed by atoms with van der Waals surface area (Å²) in [5, 5.41) is 14.8. The van der Waals surface area contributed by atoms with E-state index >= 15 is 0 Å². The average molecular weight is 310 g/mol. The molecule has 0 aliphatic carbocycles. The van der Waals surface area contributed by atoms with Gasteiger partial charge in [0.25, 0.3) is 5.91 Å². The number of thiazole rings is 1. The Morgan fingerprint density at radius 2 is 2.35 bits per heavy atom. The third kappa shape index (κ3) is 2.26. The van der Waals surface area contributed by atoms with E-state index < -0.39 is 12.0 Å². The lowest BCUT2D eigenvalue weighted by Gasteiger charge is -2.20. The number of aliphatic hydroxyl groups excluding tert-OH is 1. The molecule has 0 spiro atoms. The minimum absolute atomic E-state index is 0.421. The Morgan fingerprint density at radius 1 is 1.55 bits per heavy atom. The zero-order valence-corrected chi connectivity index (χ0v) is 12.2. The van der Waals surface area contributed by atoms with Gasteiger partial charge in [0, 0.05) is 23.7 Å². The van der Waals surface area contributed by atoms with Gasteiger partial charge in [0.15, 0.2) is 6.10 Å². The molecule has 1 aromatic heterocycles. The molecule has 1 amide bonds. The zero-order chi connectivity index (χ0) is 14.3. The normalized spacial score (nSPS) is 16.9. The van der Waals surface area contributed by atoms with Crippen LogP contribution in [-0.4, -0.2) is 23.0 Å². The number of rotatable bonds is 3. The van der Waals surface area contributed by atoms with Gasteiger partial charge in [-0.2, -0.15) is 0 Å². The van der Waals surface area contributed by atoms with Crippen molar-refractivity contribution >= 4 is 40.2 Å². The first-order valence-corrected chi connectivity index (χ1v) is 7.29. The van der Waals surface area contributed by atoms with Crippen LogP contribution in [0.3, 0.4) is 0 Å². The summed E-state index contributed by atoms with van der Waals surface area (Å²) in [6.07, 6.45) is -1.14. The summed E-state index contributed by atoms with van der Waals surface area (Å²) in [4.78, 5) is 17.6. The molecule has 0 radical (unpaired) electrons. The van der Waals surface area contributed by atoms with Crippen LogP contribution in [0.5, 0.6) is 0 Å². The number of benzene rings is 1. The number of carbonyl (C=O) groups is 1. The molecule has 1 aliphatic heterocycles. The van der Waals surface area contributed by atoms with Gasteiger partial charge in [0.05, 0.1) is 28.5 Å². The Kier molecular flexibility index (Phi) is 3.37. The number of fused-ring (bicyclic) bond motifs is 1. The highest BCUT2D eigenvalue weighted by molar-refractivity contribution is 7.07. The molecule has 104 valence electrons. The predicted molar refractivity (Wildman–Crippen MR) is 79.3 cm³/mol. The molecule has 5 nitrogen and oxygen atoms in total. The lowest BCUT2D eigenvalue weighted by Crippen LogP contribution is -2.17. The molecule has 0 saturated heterocycles. The van der Waals surface area contributed by atoms with Crippen molar-refractivity contribution in [2.45, 2.75) is 12.6 Å². The van der Waals surface area contributed by atoms with E-state index in [0.29, 0.717) is 22.8 Å². The monoisotopic (exact) mass is 309 g/mol. The molecule has 2 aromatic rings. The number of nitrogens with zero attached hydrogens (tertiary/aromatic N) is 2. The van der Waals surface area contributed by atoms with Crippen LogP contribution in [0.2, 0.25) is 5.02 Å². The van der Waals surface area contributed by atoms with Gasteiger partial charge in [0.1, 0.15) is 0 Å². The minimum Gasteiger partial charge on any atom is -0.378 e. The molecule has 0 saturated carbocycles. The number of hydrogen-bond donors (Lipinski definition) is 2. The van der Waals surface area contributed by atoms with E-state index in [1.807, 2.05) is 17.3 Å². The Morgan fingerprint density at radius 3 is 3.05 bits per heavy atom. The summed E-state index contributed by atoms with van der Waals surface area (Å²) in [6.45, 7) is 0.624. The minimum atomic E-state index is -1.14. The maximum atomic E-state index is 11.5. The Labute approximate surface area is 124 Å². The van der Waals surface area contributed by atoms with Gasteiger partial charge in [0.2, 0.25) is 0 Å². The van der Waals surface area contributed by atoms with Gasteiger partial charge >= 0.3 is 0 Å². The molecule has 1 unspecified atom stereocenters. The second kappa shape index (κ2) is 5.05. The highest BCUT2D eigenvalue weighted by Gasteiger charge is 2.30. The van der Waals surface area contributed by atoms with Crippen LogP contribution in [0, 0.1) is 0 Å². The number of anilines is 2. The van der Waals surface area contributed by atoms with Crippen LogP contribution in [-0.2, 0) is 11.3 Å². The summed E-state index contributed by atoms with van der Waals surface area (Å²) in [5.74, 6) is -0.421. The second-order valence-electron chi connectivity index (χ2n) is 4.62. The lowest BCUT2D eigenvalue weighted by molar-refractivity contribution is -0.123. The molecule has 1 aromatic carbocycles. The third-order valence-corrected chi connectivity index (χ3v) is 4.15. The highest BCUT2D eigenvalue weighted by atomic mass is 35.5. The molecule has 2 heterocycles. The maximum absolute atomic E-state index is 11.5. The van der Waals surface area contributed by atoms with E-state index in [0.717, 1.165) is 11.4 Å². The smallest absolute Gasteiger partial charge is 0.257 e. The van der Waals surface area contributed by atoms with Gasteiger partial charge in [-0.25, -0.2) is 4.98 Å². The van der Waals surface area contributed by atoms with Gasteiger partial charge in [-0.05, 0) is 12.1 Å². The molecule has 1 aliphatic rings. The van der Waals surface area contributed by atoms with Crippen molar-refractivity contribution < 1.29 is 9.90 Å². The highest BCUT2D eigenvalue weighted by Crippen LogP contribution is 2.38. The summed E-state index contributed by atoms with van der Waals surface area (Å²) >= 11 is 7.79. The van der Waals surface area contributed by atoms with Gasteiger partial charge in [-0.15, -0.1) is 11.3 Å². The molecule has 3 rings (SSSR count). The molecule has 0 bridgehead atoms. The van der Waals surface area contributed by atoms with E-state index in [-0.39, 0.29) is 0 Å². The average Bonchev–Trinajstić information content (AvgIpc) is 3.00. The summed E-state index contributed by atoms with van der Waals surface area (Å²) < 4.78 is 0. The van der Waals surface area contributed by atoms with Crippen LogP contribution < -0.4 is 10.2 Å². The summed E-state index contributed by atoms with van der Waals surface area (Å²) in [6, 6.07) is 3.41. The Balaban J connectivity index is 1.91. The first-order chi connectivity index (χ1) is 9.56. The molecule has 2 N–H and O–H groups in total. The van der Waals surface area contributed by atoms with Crippen LogP contribution in [0.1, 0.15) is 17.4 Å². The van der Waals surface area contributed by atoms with Gasteiger partial charge in [-0.3, -0.25) is 4.79 Å². The van der Waals surface area contributed by atoms with Crippen LogP contribution in [0.4, 0.5) is 11.4 Å². The summed E-state index contributed by atoms with van der Waals surface area (Å²) in [5.41, 5.74) is 4.65. The van der Waals surface area contributed by atoms with Crippen molar-refractivity contribution in [1.82, 2.24) is 4.98 Å². The number of halogens is 1. The lowest BCUT2D eigenvalue weighted by atomic mass is 10.1. The van der Waals surface area contributed by atoms with E-state index in [9.17, 15) is 9.90 Å². The van der Waals surface area contributed by atoms with Crippen molar-refractivity contribution in [1.29, 1.82) is 0 Å². The van der Waals surface area contributed by atoms with Crippen LogP contribution in [0.25, 0.3) is 0 Å². The van der Waals surface area contributed by atoms with Gasteiger partial charge in [-0.1, -0.05) is 11.6 Å². The second-order valence-corrected chi connectivity index (χ2v) is 5.74. The Bertz CT molecular complexity index is 660. The summed E-state index contributed by atoms with van der Waals surface area (Å²) in [7, 11) is 1.90. The fraction of sp³-hybridized carbons (Fsp3) is 0.231. The largest absolute Gasteiger partial charge is 0.378 e. The van der Waals surface area contributed by atoms with E-state index in [4.69, 9.17) is 11.6 Å². The van der Waals surface area contributed by atoms with Crippen molar-refractivity contribution in [3.05, 3.63) is 39.3 Å². The fourth-order valence-electron chi connectivity index (χ4n) is 2.19. The van der Waals surface area contributed by atoms with Crippen molar-refractivity contribution in [2.24, 2.45) is 0 Å². The molecule has 7 heteroatoms. The standard InChI is InChI=1S/C13H12ClN3O2S/c1-17(4-7-5-20-6-15-7)11-3-10-8(2-9(11)14)12(18)13(19)16-10/h2-3,5-6,12,18H,4H2,1H3,(H,16,19). The van der Waals surface area contributed by atoms with E-state index in [1.165, 1.54) is 0 Å². The van der Waals surface area contributed by atoms with Crippen LogP contribution in [0.15, 0.2) is 23.0 Å². The topological polar surface area (TPSA) is 65.5 Å². The molecular weight excluding hydrogens is 298 g/mol. The first-order valence-electron chi connectivity index (χ1n) is 5.97. The number of aromatic nitrogens is 1. The SMILES string of the molecule is CN(Cc1cscn1)c1cc2c(cc1Cl)C(O)C(=O)N2. The molecular formula is C13H12ClN3O2S. The fourth-order valence-corrected chi connectivity index (χ4v) is 3.06. The maximum Gasteiger partial charge on any atom is 0.257 e. The third-order valence-electron chi connectivity index (χ3n) is 3.21. The van der Waals surface area contributed by atoms with E-state index in [2.05, 4.69) is 10.3 Å². The van der Waals surface area contributed by atoms with Crippen LogP contribution >= 0.6 is 22.9 Å². The van der Waals surface area contributed by atoms with Gasteiger partial charge < -0.3 is 15.3 Å². The number of hydrogen-bond acceptors (Lipinski definition) is 5.